The van der Waals surface area contributed by atoms with Gasteiger partial charge in [0.15, 0.2) is 0 Å². The summed E-state index contributed by atoms with van der Waals surface area (Å²) >= 11 is 4.47. The van der Waals surface area contributed by atoms with Gasteiger partial charge in [-0.15, -0.1) is 0 Å². The first-order valence-corrected chi connectivity index (χ1v) is 7.97. The fourth-order valence-electron chi connectivity index (χ4n) is 1.52. The Hall–Kier alpha value is 0.157. The quantitative estimate of drug-likeness (QED) is 0.324. The first-order valence-electron chi connectivity index (χ1n) is 6.38. The molecule has 17 heavy (non-hydrogen) atoms. The van der Waals surface area contributed by atoms with E-state index in [2.05, 4.69) is 19.6 Å². The fraction of sp³-hybridized carbons (Fsp3) is 0.917. The fourth-order valence-corrected chi connectivity index (χ4v) is 3.15. The number of aliphatic hydroxyl groups is 2. The molecule has 0 saturated heterocycles. The van der Waals surface area contributed by atoms with Gasteiger partial charge in [-0.3, -0.25) is 0 Å². The zero-order valence-corrected chi connectivity index (χ0v) is 12.7. The van der Waals surface area contributed by atoms with Crippen molar-refractivity contribution < 1.29 is 14.9 Å². The van der Waals surface area contributed by atoms with Crippen LogP contribution < -0.4 is 0 Å². The number of hydrogen-bond donors (Lipinski definition) is 3. The summed E-state index contributed by atoms with van der Waals surface area (Å²) in [7, 11) is 0.240. The maximum absolute atomic E-state index is 9.81. The number of aliphatic hydroxyl groups excluding tert-OH is 2. The normalized spacial score (nSPS) is 15.9. The van der Waals surface area contributed by atoms with Crippen LogP contribution in [0.3, 0.4) is 0 Å². The molecule has 2 N–H and O–H groups in total. The van der Waals surface area contributed by atoms with Crippen LogP contribution in [0.4, 0.5) is 0 Å². The second kappa shape index (κ2) is 11.3. The van der Waals surface area contributed by atoms with E-state index in [0.717, 1.165) is 12.8 Å². The van der Waals surface area contributed by atoms with Gasteiger partial charge in [0.25, 0.3) is 0 Å². The second-order valence-electron chi connectivity index (χ2n) is 4.02. The molecule has 0 fully saturated rings. The summed E-state index contributed by atoms with van der Waals surface area (Å²) in [4.78, 5) is 0.182. The lowest BCUT2D eigenvalue weighted by Gasteiger charge is -2.14. The lowest BCUT2D eigenvalue weighted by Crippen LogP contribution is -2.32. The molecule has 0 aliphatic carbocycles. The number of unbranched alkanes of at least 4 members (excludes halogenated alkanes) is 3. The van der Waals surface area contributed by atoms with E-state index in [1.165, 1.54) is 19.3 Å². The number of rotatable bonds is 10. The summed E-state index contributed by atoms with van der Waals surface area (Å²) in [5, 5.41) is 19.1. The van der Waals surface area contributed by atoms with Gasteiger partial charge < -0.3 is 14.9 Å². The number of hydrogen-bond acceptors (Lipinski definition) is 4. The van der Waals surface area contributed by atoms with Crippen molar-refractivity contribution in [1.82, 2.24) is 0 Å². The van der Waals surface area contributed by atoms with Crippen molar-refractivity contribution in [3.63, 3.8) is 0 Å². The SMILES string of the molecule is CCCCCCC(S)[Si]=C(O)C(CO)OCC. The Morgan fingerprint density at radius 2 is 2.00 bits per heavy atom. The third-order valence-corrected chi connectivity index (χ3v) is 4.37. The summed E-state index contributed by atoms with van der Waals surface area (Å²) < 4.78 is 5.23. The molecular weight excluding hydrogens is 252 g/mol. The van der Waals surface area contributed by atoms with E-state index >= 15 is 0 Å². The zero-order valence-electron chi connectivity index (χ0n) is 10.9. The van der Waals surface area contributed by atoms with E-state index in [0.29, 0.717) is 6.61 Å². The highest BCUT2D eigenvalue weighted by Crippen LogP contribution is 2.08. The molecule has 0 aromatic heterocycles. The van der Waals surface area contributed by atoms with E-state index in [1.807, 2.05) is 6.92 Å². The average molecular weight is 277 g/mol. The molecular formula is C12H25O3SSi. The van der Waals surface area contributed by atoms with Gasteiger partial charge in [0.05, 0.1) is 21.1 Å². The maximum atomic E-state index is 9.81. The van der Waals surface area contributed by atoms with Crippen LogP contribution in [-0.4, -0.2) is 48.9 Å². The predicted octanol–water partition coefficient (Wildman–Crippen LogP) is 1.82. The Labute approximate surface area is 112 Å². The lowest BCUT2D eigenvalue weighted by atomic mass is 10.2. The first kappa shape index (κ1) is 17.2. The van der Waals surface area contributed by atoms with Crippen LogP contribution in [-0.2, 0) is 4.74 Å². The van der Waals surface area contributed by atoms with Gasteiger partial charge in [0.1, 0.15) is 6.10 Å². The Kier molecular flexibility index (Phi) is 11.4. The van der Waals surface area contributed by atoms with E-state index in [4.69, 9.17) is 9.84 Å². The van der Waals surface area contributed by atoms with Gasteiger partial charge in [-0.05, 0) is 13.3 Å². The molecule has 0 amide bonds. The molecule has 5 heteroatoms. The molecule has 0 saturated carbocycles. The van der Waals surface area contributed by atoms with E-state index < -0.39 is 6.10 Å². The largest absolute Gasteiger partial charge is 0.515 e. The first-order chi connectivity index (χ1) is 8.15. The van der Waals surface area contributed by atoms with Crippen molar-refractivity contribution in [3.8, 4) is 0 Å². The molecule has 0 rings (SSSR count). The van der Waals surface area contributed by atoms with Gasteiger partial charge in [0.2, 0.25) is 0 Å². The Morgan fingerprint density at radius 3 is 2.53 bits per heavy atom. The molecule has 0 heterocycles. The molecule has 2 atom stereocenters. The monoisotopic (exact) mass is 277 g/mol. The van der Waals surface area contributed by atoms with Crippen molar-refractivity contribution in [2.24, 2.45) is 0 Å². The second-order valence-corrected chi connectivity index (χ2v) is 6.63. The minimum absolute atomic E-state index is 0.164. The highest BCUT2D eigenvalue weighted by atomic mass is 32.1. The summed E-state index contributed by atoms with van der Waals surface area (Å²) in [6.07, 6.45) is 5.35. The highest BCUT2D eigenvalue weighted by molar-refractivity contribution is 7.82. The highest BCUT2D eigenvalue weighted by Gasteiger charge is 2.13. The van der Waals surface area contributed by atoms with Crippen molar-refractivity contribution in [3.05, 3.63) is 0 Å². The zero-order chi connectivity index (χ0) is 13.1. The Balaban J connectivity index is 3.98. The van der Waals surface area contributed by atoms with Crippen LogP contribution in [0.15, 0.2) is 0 Å². The molecule has 101 valence electrons. The van der Waals surface area contributed by atoms with Crippen LogP contribution >= 0.6 is 12.6 Å². The molecule has 3 nitrogen and oxygen atoms in total. The maximum Gasteiger partial charge on any atom is 0.132 e. The smallest absolute Gasteiger partial charge is 0.132 e. The molecule has 0 aliphatic rings. The predicted molar refractivity (Wildman–Crippen MR) is 76.7 cm³/mol. The lowest BCUT2D eigenvalue weighted by molar-refractivity contribution is 0.0545. The minimum atomic E-state index is -0.538. The summed E-state index contributed by atoms with van der Waals surface area (Å²) in [5.41, 5.74) is 0. The van der Waals surface area contributed by atoms with Crippen LogP contribution in [0, 0.1) is 0 Å². The van der Waals surface area contributed by atoms with E-state index in [1.54, 1.807) is 0 Å². The summed E-state index contributed by atoms with van der Waals surface area (Å²) in [6, 6.07) is 0. The van der Waals surface area contributed by atoms with Crippen molar-refractivity contribution in [2.45, 2.75) is 56.9 Å². The van der Waals surface area contributed by atoms with Crippen molar-refractivity contribution in [1.29, 1.82) is 0 Å². The molecule has 0 bridgehead atoms. The van der Waals surface area contributed by atoms with Crippen molar-refractivity contribution in [2.75, 3.05) is 13.2 Å². The summed E-state index contributed by atoms with van der Waals surface area (Å²) in [6.45, 7) is 4.37. The molecule has 0 aromatic rings. The van der Waals surface area contributed by atoms with E-state index in [9.17, 15) is 5.11 Å². The van der Waals surface area contributed by atoms with Crippen LogP contribution in [0.5, 0.6) is 0 Å². The minimum Gasteiger partial charge on any atom is -0.515 e. The Morgan fingerprint density at radius 1 is 1.29 bits per heavy atom. The van der Waals surface area contributed by atoms with Crippen molar-refractivity contribution >= 4 is 27.1 Å². The average Bonchev–Trinajstić information content (AvgIpc) is 2.31. The summed E-state index contributed by atoms with van der Waals surface area (Å²) in [5.74, 6) is 0. The van der Waals surface area contributed by atoms with Gasteiger partial charge in [-0.1, -0.05) is 32.6 Å². The molecule has 0 aliphatic heterocycles. The van der Waals surface area contributed by atoms with Crippen LogP contribution in [0.2, 0.25) is 0 Å². The third-order valence-electron chi connectivity index (χ3n) is 2.48. The molecule has 1 radical (unpaired) electrons. The van der Waals surface area contributed by atoms with Gasteiger partial charge in [0, 0.05) is 11.5 Å². The number of thiol groups is 1. The molecule has 2 unspecified atom stereocenters. The van der Waals surface area contributed by atoms with Gasteiger partial charge in [-0.2, -0.15) is 12.6 Å². The standard InChI is InChI=1S/C12H25O3SSi/c1-3-5-6-7-8-11(16)17-12(14)10(9-13)15-4-2/h10-11,13-14,16H,3-9H2,1-2H3. The van der Waals surface area contributed by atoms with Crippen LogP contribution in [0.1, 0.15) is 46.0 Å². The van der Waals surface area contributed by atoms with Gasteiger partial charge in [-0.25, -0.2) is 0 Å². The van der Waals surface area contributed by atoms with Gasteiger partial charge >= 0.3 is 0 Å². The third kappa shape index (κ3) is 8.82. The molecule has 0 aromatic carbocycles. The van der Waals surface area contributed by atoms with E-state index in [-0.39, 0.29) is 26.0 Å². The van der Waals surface area contributed by atoms with Crippen LogP contribution in [0.25, 0.3) is 0 Å². The number of ether oxygens (including phenoxy) is 1. The molecule has 0 spiro atoms. The topological polar surface area (TPSA) is 49.7 Å². The Bertz CT molecular complexity index is 212.